The number of hydrogen-bond acceptors (Lipinski definition) is 8. The Hall–Kier alpha value is -3.11. The SMILES string of the molecule is O=C([C@@H]1CCCO1)N1CC2CCC(C1)N2Cc1ccc2cc(Oc3ccc(C4CCNN4)cn3)ccc2n1. The number of fused-ring (bicyclic) bond motifs is 3. The Bertz CT molecular complexity index is 1290. The average Bonchev–Trinajstić information content (AvgIpc) is 3.71. The van der Waals surface area contributed by atoms with E-state index in [2.05, 4.69) is 43.8 Å². The van der Waals surface area contributed by atoms with E-state index in [1.807, 2.05) is 30.5 Å². The second-order valence-corrected chi connectivity index (χ2v) is 10.9. The summed E-state index contributed by atoms with van der Waals surface area (Å²) in [5.41, 5.74) is 9.59. The summed E-state index contributed by atoms with van der Waals surface area (Å²) < 4.78 is 11.7. The van der Waals surface area contributed by atoms with Crippen LogP contribution in [0.1, 0.15) is 49.4 Å². The number of carbonyl (C=O) groups excluding carboxylic acids is 1. The van der Waals surface area contributed by atoms with Crippen molar-refractivity contribution in [1.82, 2.24) is 30.6 Å². The molecule has 4 saturated heterocycles. The van der Waals surface area contributed by atoms with E-state index in [9.17, 15) is 4.79 Å². The van der Waals surface area contributed by atoms with Gasteiger partial charge in [-0.15, -0.1) is 0 Å². The van der Waals surface area contributed by atoms with Crippen LogP contribution in [0.5, 0.6) is 11.6 Å². The van der Waals surface area contributed by atoms with Crippen molar-refractivity contribution in [3.63, 3.8) is 0 Å². The standard InChI is InChI=1S/C29H34N6O3/c36-29(27-2-1-13-37-27)34-17-22-6-7-23(18-34)35(22)16-21-5-3-19-14-24(8-9-25(19)32-21)38-28-10-4-20(15-30-28)26-11-12-31-33-26/h3-5,8-10,14-15,22-23,26-27,31,33H,1-2,6-7,11-13,16-18H2/t22?,23?,26?,27-/m0/s1. The van der Waals surface area contributed by atoms with E-state index in [0.717, 1.165) is 86.2 Å². The van der Waals surface area contributed by atoms with Gasteiger partial charge in [0.2, 0.25) is 5.88 Å². The number of benzene rings is 1. The third-order valence-electron chi connectivity index (χ3n) is 8.43. The largest absolute Gasteiger partial charge is 0.439 e. The van der Waals surface area contributed by atoms with Gasteiger partial charge in [0.1, 0.15) is 11.9 Å². The number of hydrazine groups is 1. The first-order chi connectivity index (χ1) is 18.7. The van der Waals surface area contributed by atoms with Gasteiger partial charge in [-0.25, -0.2) is 4.98 Å². The maximum Gasteiger partial charge on any atom is 0.251 e. The molecular weight excluding hydrogens is 480 g/mol. The van der Waals surface area contributed by atoms with Crippen LogP contribution in [0.4, 0.5) is 0 Å². The second kappa shape index (κ2) is 10.2. The summed E-state index contributed by atoms with van der Waals surface area (Å²) in [5.74, 6) is 1.52. The molecule has 0 radical (unpaired) electrons. The molecule has 7 rings (SSSR count). The van der Waals surface area contributed by atoms with Gasteiger partial charge < -0.3 is 14.4 Å². The zero-order valence-electron chi connectivity index (χ0n) is 21.5. The third kappa shape index (κ3) is 4.75. The van der Waals surface area contributed by atoms with Crippen LogP contribution in [0.3, 0.4) is 0 Å². The number of aromatic nitrogens is 2. The minimum absolute atomic E-state index is 0.190. The average molecular weight is 515 g/mol. The number of hydrogen-bond donors (Lipinski definition) is 2. The monoisotopic (exact) mass is 514 g/mol. The first kappa shape index (κ1) is 24.0. The first-order valence-electron chi connectivity index (χ1n) is 13.9. The number of pyridine rings is 2. The zero-order chi connectivity index (χ0) is 25.5. The Morgan fingerprint density at radius 1 is 1.05 bits per heavy atom. The minimum atomic E-state index is -0.223. The van der Waals surface area contributed by atoms with Crippen LogP contribution in [0.25, 0.3) is 10.9 Å². The molecule has 198 valence electrons. The third-order valence-corrected chi connectivity index (χ3v) is 8.43. The molecule has 9 nitrogen and oxygen atoms in total. The van der Waals surface area contributed by atoms with Gasteiger partial charge in [0.15, 0.2) is 0 Å². The maximum absolute atomic E-state index is 12.9. The van der Waals surface area contributed by atoms with Crippen molar-refractivity contribution < 1.29 is 14.3 Å². The topological polar surface area (TPSA) is 91.9 Å². The van der Waals surface area contributed by atoms with Crippen molar-refractivity contribution in [3.8, 4) is 11.6 Å². The summed E-state index contributed by atoms with van der Waals surface area (Å²) in [6, 6.07) is 15.3. The molecule has 2 N–H and O–H groups in total. The predicted octanol–water partition coefficient (Wildman–Crippen LogP) is 3.32. The molecule has 3 aromatic rings. The summed E-state index contributed by atoms with van der Waals surface area (Å²) in [5, 5.41) is 1.04. The highest BCUT2D eigenvalue weighted by molar-refractivity contribution is 5.81. The smallest absolute Gasteiger partial charge is 0.251 e. The Labute approximate surface area is 222 Å². The number of piperazine rings is 1. The molecule has 3 unspecified atom stereocenters. The summed E-state index contributed by atoms with van der Waals surface area (Å²) in [6.45, 7) is 4.09. The normalized spacial score (nSPS) is 27.3. The Morgan fingerprint density at radius 2 is 1.95 bits per heavy atom. The number of ether oxygens (including phenoxy) is 2. The molecule has 9 heteroatoms. The zero-order valence-corrected chi connectivity index (χ0v) is 21.5. The van der Waals surface area contributed by atoms with Gasteiger partial charge in [-0.2, -0.15) is 0 Å². The van der Waals surface area contributed by atoms with Crippen LogP contribution < -0.4 is 15.6 Å². The Morgan fingerprint density at radius 3 is 2.68 bits per heavy atom. The van der Waals surface area contributed by atoms with E-state index in [-0.39, 0.29) is 12.0 Å². The lowest BCUT2D eigenvalue weighted by atomic mass is 10.1. The quantitative estimate of drug-likeness (QED) is 0.518. The summed E-state index contributed by atoms with van der Waals surface area (Å²) >= 11 is 0. The predicted molar refractivity (Wildman–Crippen MR) is 142 cm³/mol. The minimum Gasteiger partial charge on any atom is -0.439 e. The summed E-state index contributed by atoms with van der Waals surface area (Å²) in [6.07, 6.45) is 6.83. The molecule has 0 saturated carbocycles. The molecule has 2 aromatic heterocycles. The molecule has 38 heavy (non-hydrogen) atoms. The molecule has 0 aliphatic carbocycles. The van der Waals surface area contributed by atoms with Crippen LogP contribution in [-0.4, -0.2) is 70.1 Å². The van der Waals surface area contributed by atoms with Crippen LogP contribution in [0.15, 0.2) is 48.7 Å². The van der Waals surface area contributed by atoms with E-state index >= 15 is 0 Å². The van der Waals surface area contributed by atoms with Crippen molar-refractivity contribution in [3.05, 3.63) is 59.9 Å². The fourth-order valence-electron chi connectivity index (χ4n) is 6.40. The van der Waals surface area contributed by atoms with Crippen molar-refractivity contribution in [2.24, 2.45) is 0 Å². The molecule has 4 aliphatic rings. The molecule has 4 aliphatic heterocycles. The highest BCUT2D eigenvalue weighted by atomic mass is 16.5. The number of nitrogens with zero attached hydrogens (tertiary/aromatic N) is 4. The lowest BCUT2D eigenvalue weighted by molar-refractivity contribution is -0.144. The fourth-order valence-corrected chi connectivity index (χ4v) is 6.40. The molecular formula is C29H34N6O3. The molecule has 4 atom stereocenters. The summed E-state index contributed by atoms with van der Waals surface area (Å²) in [7, 11) is 0. The number of amides is 1. The van der Waals surface area contributed by atoms with Crippen LogP contribution in [0.2, 0.25) is 0 Å². The van der Waals surface area contributed by atoms with Gasteiger partial charge in [0, 0.05) is 68.6 Å². The van der Waals surface area contributed by atoms with Gasteiger partial charge >= 0.3 is 0 Å². The van der Waals surface area contributed by atoms with Gasteiger partial charge in [-0.05, 0) is 61.9 Å². The van der Waals surface area contributed by atoms with Gasteiger partial charge in [-0.1, -0.05) is 12.1 Å². The highest BCUT2D eigenvalue weighted by Crippen LogP contribution is 2.33. The number of likely N-dealkylation sites (tertiary alicyclic amines) is 1. The number of nitrogens with one attached hydrogen (secondary N) is 2. The number of carbonyl (C=O) groups is 1. The molecule has 4 fully saturated rings. The fraction of sp³-hybridized carbons (Fsp3) is 0.483. The number of rotatable bonds is 6. The van der Waals surface area contributed by atoms with Crippen LogP contribution in [-0.2, 0) is 16.1 Å². The molecule has 0 spiro atoms. The van der Waals surface area contributed by atoms with Crippen molar-refractivity contribution >= 4 is 16.8 Å². The molecule has 1 amide bonds. The first-order valence-corrected chi connectivity index (χ1v) is 13.9. The van der Waals surface area contributed by atoms with E-state index in [1.54, 1.807) is 0 Å². The lowest BCUT2D eigenvalue weighted by Gasteiger charge is -2.41. The Balaban J connectivity index is 0.999. The van der Waals surface area contributed by atoms with E-state index in [4.69, 9.17) is 14.5 Å². The van der Waals surface area contributed by atoms with E-state index < -0.39 is 0 Å². The van der Waals surface area contributed by atoms with Crippen LogP contribution in [0, 0.1) is 0 Å². The van der Waals surface area contributed by atoms with Crippen molar-refractivity contribution in [1.29, 1.82) is 0 Å². The maximum atomic E-state index is 12.9. The molecule has 1 aromatic carbocycles. The highest BCUT2D eigenvalue weighted by Gasteiger charge is 2.43. The van der Waals surface area contributed by atoms with Gasteiger partial charge in [0.25, 0.3) is 5.91 Å². The van der Waals surface area contributed by atoms with Crippen molar-refractivity contribution in [2.75, 3.05) is 26.2 Å². The van der Waals surface area contributed by atoms with Gasteiger partial charge in [-0.3, -0.25) is 25.5 Å². The summed E-state index contributed by atoms with van der Waals surface area (Å²) in [4.78, 5) is 27.0. The second-order valence-electron chi connectivity index (χ2n) is 10.9. The lowest BCUT2D eigenvalue weighted by Crippen LogP contribution is -2.56. The van der Waals surface area contributed by atoms with Crippen LogP contribution >= 0.6 is 0 Å². The molecule has 6 heterocycles. The Kier molecular flexibility index (Phi) is 6.45. The van der Waals surface area contributed by atoms with E-state index in [0.29, 0.717) is 30.6 Å². The van der Waals surface area contributed by atoms with Gasteiger partial charge in [0.05, 0.1) is 11.2 Å². The van der Waals surface area contributed by atoms with Crippen molar-refractivity contribution in [2.45, 2.75) is 62.9 Å². The van der Waals surface area contributed by atoms with E-state index in [1.165, 1.54) is 0 Å². The molecule has 2 bridgehead atoms.